The lowest BCUT2D eigenvalue weighted by molar-refractivity contribution is -0.138. The van der Waals surface area contributed by atoms with E-state index in [1.165, 1.54) is 11.9 Å². The van der Waals surface area contributed by atoms with Gasteiger partial charge in [-0.3, -0.25) is 24.2 Å². The molecule has 2 fully saturated rings. The molecule has 0 saturated carbocycles. The number of likely N-dealkylation sites (tertiary alicyclic amines) is 1. The first-order valence-electron chi connectivity index (χ1n) is 7.46. The smallest absolute Gasteiger partial charge is 0.253 e. The van der Waals surface area contributed by atoms with E-state index in [-0.39, 0.29) is 30.2 Å². The average Bonchev–Trinajstić information content (AvgIpc) is 2.83. The maximum Gasteiger partial charge on any atom is 0.253 e. The van der Waals surface area contributed by atoms with Crippen molar-refractivity contribution in [1.82, 2.24) is 14.7 Å². The van der Waals surface area contributed by atoms with Gasteiger partial charge in [-0.05, 0) is 12.1 Å². The number of likely N-dealkylation sites (N-methyl/N-ethyl adjacent to an activating group) is 1. The van der Waals surface area contributed by atoms with Crippen molar-refractivity contribution in [1.29, 1.82) is 0 Å². The first kappa shape index (κ1) is 14.7. The highest BCUT2D eigenvalue weighted by Gasteiger charge is 2.40. The summed E-state index contributed by atoms with van der Waals surface area (Å²) in [7, 11) is 1.53. The summed E-state index contributed by atoms with van der Waals surface area (Å²) in [6, 6.07) is 8.84. The largest absolute Gasteiger partial charge is 0.336 e. The van der Waals surface area contributed by atoms with Crippen LogP contribution in [-0.4, -0.2) is 71.7 Å². The summed E-state index contributed by atoms with van der Waals surface area (Å²) < 4.78 is 0. The Morgan fingerprint density at radius 3 is 2.23 bits per heavy atom. The molecule has 3 amide bonds. The van der Waals surface area contributed by atoms with Crippen molar-refractivity contribution < 1.29 is 14.4 Å². The van der Waals surface area contributed by atoms with Gasteiger partial charge in [0.15, 0.2) is 0 Å². The highest BCUT2D eigenvalue weighted by Crippen LogP contribution is 2.19. The second-order valence-electron chi connectivity index (χ2n) is 5.71. The van der Waals surface area contributed by atoms with E-state index in [2.05, 4.69) is 0 Å². The molecule has 2 aliphatic rings. The van der Waals surface area contributed by atoms with Crippen LogP contribution in [0.15, 0.2) is 30.3 Å². The van der Waals surface area contributed by atoms with Crippen LogP contribution in [0, 0.1) is 0 Å². The van der Waals surface area contributed by atoms with E-state index in [9.17, 15) is 14.4 Å². The molecule has 0 spiro atoms. The first-order chi connectivity index (χ1) is 10.6. The number of nitrogens with zero attached hydrogens (tertiary/aromatic N) is 3. The molecule has 22 heavy (non-hydrogen) atoms. The number of piperazine rings is 1. The molecule has 1 atom stereocenters. The molecule has 0 bridgehead atoms. The van der Waals surface area contributed by atoms with Crippen LogP contribution in [0.2, 0.25) is 0 Å². The highest BCUT2D eigenvalue weighted by atomic mass is 16.2. The fourth-order valence-corrected chi connectivity index (χ4v) is 3.02. The van der Waals surface area contributed by atoms with Gasteiger partial charge >= 0.3 is 0 Å². The van der Waals surface area contributed by atoms with Crippen LogP contribution < -0.4 is 0 Å². The summed E-state index contributed by atoms with van der Waals surface area (Å²) in [4.78, 5) is 41.0. The van der Waals surface area contributed by atoms with Gasteiger partial charge in [-0.1, -0.05) is 18.2 Å². The Labute approximate surface area is 129 Å². The number of rotatable bonds is 2. The Balaban J connectivity index is 1.60. The number of hydrogen-bond acceptors (Lipinski definition) is 4. The molecule has 1 aromatic rings. The van der Waals surface area contributed by atoms with E-state index in [0.29, 0.717) is 31.7 Å². The molecule has 0 N–H and O–H groups in total. The fraction of sp³-hybridized carbons (Fsp3) is 0.438. The van der Waals surface area contributed by atoms with Crippen LogP contribution in [0.25, 0.3) is 0 Å². The quantitative estimate of drug-likeness (QED) is 0.732. The third-order valence-electron chi connectivity index (χ3n) is 4.42. The molecule has 0 aliphatic carbocycles. The van der Waals surface area contributed by atoms with Crippen molar-refractivity contribution in [3.63, 3.8) is 0 Å². The molecule has 116 valence electrons. The molecule has 2 aliphatic heterocycles. The highest BCUT2D eigenvalue weighted by molar-refractivity contribution is 6.05. The van der Waals surface area contributed by atoms with Gasteiger partial charge in [-0.2, -0.15) is 0 Å². The van der Waals surface area contributed by atoms with E-state index in [4.69, 9.17) is 0 Å². The lowest BCUT2D eigenvalue weighted by Crippen LogP contribution is -2.53. The van der Waals surface area contributed by atoms with Crippen molar-refractivity contribution in [2.24, 2.45) is 0 Å². The maximum atomic E-state index is 12.4. The van der Waals surface area contributed by atoms with E-state index in [0.717, 1.165) is 0 Å². The van der Waals surface area contributed by atoms with Crippen molar-refractivity contribution in [3.05, 3.63) is 35.9 Å². The molecular weight excluding hydrogens is 282 g/mol. The van der Waals surface area contributed by atoms with Crippen molar-refractivity contribution in [3.8, 4) is 0 Å². The summed E-state index contributed by atoms with van der Waals surface area (Å²) in [6.45, 7) is 2.40. The van der Waals surface area contributed by atoms with Crippen LogP contribution in [-0.2, 0) is 9.59 Å². The average molecular weight is 301 g/mol. The molecule has 2 heterocycles. The summed E-state index contributed by atoms with van der Waals surface area (Å²) in [5.74, 6) is -0.239. The molecule has 6 nitrogen and oxygen atoms in total. The predicted octanol–water partition coefficient (Wildman–Crippen LogP) is 0.202. The summed E-state index contributed by atoms with van der Waals surface area (Å²) in [6.07, 6.45) is 0.252. The van der Waals surface area contributed by atoms with Crippen LogP contribution in [0.1, 0.15) is 16.8 Å². The van der Waals surface area contributed by atoms with Gasteiger partial charge in [0.2, 0.25) is 11.8 Å². The molecule has 0 unspecified atom stereocenters. The molecule has 0 radical (unpaired) electrons. The summed E-state index contributed by atoms with van der Waals surface area (Å²) in [5, 5.41) is 0. The number of carbonyl (C=O) groups is 3. The number of carbonyl (C=O) groups excluding carboxylic acids is 3. The van der Waals surface area contributed by atoms with Gasteiger partial charge in [0, 0.05) is 38.8 Å². The van der Waals surface area contributed by atoms with Gasteiger partial charge in [-0.15, -0.1) is 0 Å². The monoisotopic (exact) mass is 301 g/mol. The van der Waals surface area contributed by atoms with Gasteiger partial charge in [0.1, 0.15) is 0 Å². The number of amides is 3. The zero-order valence-electron chi connectivity index (χ0n) is 12.6. The zero-order valence-corrected chi connectivity index (χ0v) is 12.6. The van der Waals surface area contributed by atoms with Gasteiger partial charge < -0.3 is 4.90 Å². The van der Waals surface area contributed by atoms with Crippen LogP contribution in [0.4, 0.5) is 0 Å². The second kappa shape index (κ2) is 5.88. The third kappa shape index (κ3) is 2.62. The van der Waals surface area contributed by atoms with Crippen LogP contribution in [0.5, 0.6) is 0 Å². The Morgan fingerprint density at radius 2 is 1.68 bits per heavy atom. The lowest BCUT2D eigenvalue weighted by atomic mass is 10.1. The zero-order chi connectivity index (χ0) is 15.7. The minimum atomic E-state index is -0.355. The van der Waals surface area contributed by atoms with Gasteiger partial charge in [0.25, 0.3) is 5.91 Å². The third-order valence-corrected chi connectivity index (χ3v) is 4.42. The van der Waals surface area contributed by atoms with Gasteiger partial charge in [-0.25, -0.2) is 0 Å². The van der Waals surface area contributed by atoms with Crippen LogP contribution >= 0.6 is 0 Å². The molecule has 2 saturated heterocycles. The van der Waals surface area contributed by atoms with Gasteiger partial charge in [0.05, 0.1) is 12.5 Å². The normalized spacial score (nSPS) is 23.2. The maximum absolute atomic E-state index is 12.4. The molecule has 6 heteroatoms. The van der Waals surface area contributed by atoms with Crippen molar-refractivity contribution in [2.45, 2.75) is 12.5 Å². The van der Waals surface area contributed by atoms with Crippen molar-refractivity contribution >= 4 is 17.7 Å². The molecular formula is C16H19N3O3. The summed E-state index contributed by atoms with van der Waals surface area (Å²) >= 11 is 0. The Hall–Kier alpha value is -2.21. The topological polar surface area (TPSA) is 60.9 Å². The molecule has 3 rings (SSSR count). The summed E-state index contributed by atoms with van der Waals surface area (Å²) in [5.41, 5.74) is 0.683. The van der Waals surface area contributed by atoms with E-state index >= 15 is 0 Å². The van der Waals surface area contributed by atoms with E-state index in [1.807, 2.05) is 35.2 Å². The Bertz CT molecular complexity index is 594. The SMILES string of the molecule is CN1C(=O)C[C@H](N2CCN(C(=O)c3ccccc3)CC2)C1=O. The first-order valence-corrected chi connectivity index (χ1v) is 7.46. The number of imide groups is 1. The molecule has 0 aromatic heterocycles. The standard InChI is InChI=1S/C16H19N3O3/c1-17-14(20)11-13(16(17)22)18-7-9-19(10-8-18)15(21)12-5-3-2-4-6-12/h2-6,13H,7-11H2,1H3/t13-/m0/s1. The Morgan fingerprint density at radius 1 is 1.05 bits per heavy atom. The fourth-order valence-electron chi connectivity index (χ4n) is 3.02. The Kier molecular flexibility index (Phi) is 3.94. The van der Waals surface area contributed by atoms with Crippen molar-refractivity contribution in [2.75, 3.05) is 33.2 Å². The lowest BCUT2D eigenvalue weighted by Gasteiger charge is -2.37. The van der Waals surface area contributed by atoms with E-state index < -0.39 is 0 Å². The number of hydrogen-bond donors (Lipinski definition) is 0. The minimum absolute atomic E-state index is 0.0196. The molecule has 1 aromatic carbocycles. The second-order valence-corrected chi connectivity index (χ2v) is 5.71. The minimum Gasteiger partial charge on any atom is -0.336 e. The predicted molar refractivity (Wildman–Crippen MR) is 80.1 cm³/mol. The van der Waals surface area contributed by atoms with E-state index in [1.54, 1.807) is 4.90 Å². The number of benzene rings is 1. The van der Waals surface area contributed by atoms with Crippen LogP contribution in [0.3, 0.4) is 0 Å².